The Morgan fingerprint density at radius 3 is 2.30 bits per heavy atom. The van der Waals surface area contributed by atoms with Crippen LogP contribution in [0.15, 0.2) is 30.6 Å². The SMILES string of the molecule is O=C(Nc1c2c(cc3c1CCC3)CCC2)NS(=O)(=O)C1CN(Cc2ccncc2)C1. The second-order valence-electron chi connectivity index (χ2n) is 8.51. The van der Waals surface area contributed by atoms with E-state index in [1.165, 1.54) is 22.3 Å². The first-order chi connectivity index (χ1) is 14.5. The van der Waals surface area contributed by atoms with Gasteiger partial charge in [0.05, 0.1) is 0 Å². The number of carbonyl (C=O) groups is 1. The molecule has 158 valence electrons. The highest BCUT2D eigenvalue weighted by molar-refractivity contribution is 7.90. The van der Waals surface area contributed by atoms with E-state index in [-0.39, 0.29) is 0 Å². The van der Waals surface area contributed by atoms with E-state index in [0.717, 1.165) is 49.8 Å². The minimum absolute atomic E-state index is 0.418. The van der Waals surface area contributed by atoms with E-state index in [0.29, 0.717) is 19.6 Å². The number of likely N-dealkylation sites (tertiary alicyclic amines) is 1. The summed E-state index contributed by atoms with van der Waals surface area (Å²) >= 11 is 0. The summed E-state index contributed by atoms with van der Waals surface area (Å²) in [4.78, 5) is 18.7. The van der Waals surface area contributed by atoms with E-state index >= 15 is 0 Å². The molecule has 1 saturated heterocycles. The number of hydrogen-bond donors (Lipinski definition) is 2. The number of urea groups is 1. The fourth-order valence-corrected chi connectivity index (χ4v) is 6.20. The molecule has 0 spiro atoms. The lowest BCUT2D eigenvalue weighted by Gasteiger charge is -2.38. The third kappa shape index (κ3) is 3.70. The molecule has 1 fully saturated rings. The van der Waals surface area contributed by atoms with Crippen molar-refractivity contribution in [2.75, 3.05) is 18.4 Å². The van der Waals surface area contributed by atoms with Gasteiger partial charge in [-0.15, -0.1) is 0 Å². The van der Waals surface area contributed by atoms with Gasteiger partial charge in [-0.2, -0.15) is 0 Å². The van der Waals surface area contributed by atoms with Gasteiger partial charge in [0.2, 0.25) is 10.0 Å². The molecule has 1 aromatic heterocycles. The summed E-state index contributed by atoms with van der Waals surface area (Å²) in [5.74, 6) is 0. The van der Waals surface area contributed by atoms with Crippen LogP contribution in [0.1, 0.15) is 40.7 Å². The number of carbonyl (C=O) groups excluding carboxylic acids is 1. The van der Waals surface area contributed by atoms with Crippen molar-refractivity contribution in [3.63, 3.8) is 0 Å². The maximum absolute atomic E-state index is 12.7. The molecule has 0 bridgehead atoms. The monoisotopic (exact) mass is 426 g/mol. The van der Waals surface area contributed by atoms with E-state index in [9.17, 15) is 13.2 Å². The minimum Gasteiger partial charge on any atom is -0.307 e. The van der Waals surface area contributed by atoms with Crippen LogP contribution in [-0.4, -0.2) is 42.7 Å². The number of nitrogens with zero attached hydrogens (tertiary/aromatic N) is 2. The maximum Gasteiger partial charge on any atom is 0.332 e. The number of sulfonamides is 1. The van der Waals surface area contributed by atoms with Crippen LogP contribution in [0.25, 0.3) is 0 Å². The summed E-state index contributed by atoms with van der Waals surface area (Å²) in [6.45, 7) is 1.52. The minimum atomic E-state index is -3.71. The normalized spacial score (nSPS) is 18.5. The summed E-state index contributed by atoms with van der Waals surface area (Å²) in [6, 6.07) is 5.49. The quantitative estimate of drug-likeness (QED) is 0.766. The number of fused-ring (bicyclic) bond motifs is 2. The van der Waals surface area contributed by atoms with Gasteiger partial charge in [-0.05, 0) is 78.5 Å². The lowest BCUT2D eigenvalue weighted by molar-refractivity contribution is 0.175. The van der Waals surface area contributed by atoms with Crippen molar-refractivity contribution in [1.29, 1.82) is 0 Å². The number of rotatable bonds is 5. The molecule has 3 aliphatic rings. The van der Waals surface area contributed by atoms with Crippen LogP contribution < -0.4 is 10.0 Å². The van der Waals surface area contributed by atoms with Gasteiger partial charge in [-0.25, -0.2) is 17.9 Å². The second-order valence-corrected chi connectivity index (χ2v) is 10.5. The highest BCUT2D eigenvalue weighted by atomic mass is 32.2. The predicted octanol–water partition coefficient (Wildman–Crippen LogP) is 2.39. The first kappa shape index (κ1) is 19.5. The molecule has 0 unspecified atom stereocenters. The molecule has 0 atom stereocenters. The van der Waals surface area contributed by atoms with Crippen molar-refractivity contribution >= 4 is 21.7 Å². The van der Waals surface area contributed by atoms with Crippen LogP contribution >= 0.6 is 0 Å². The number of hydrogen-bond acceptors (Lipinski definition) is 5. The molecule has 7 nitrogen and oxygen atoms in total. The summed E-state index contributed by atoms with van der Waals surface area (Å²) in [7, 11) is -3.71. The van der Waals surface area contributed by atoms with E-state index in [4.69, 9.17) is 0 Å². The topological polar surface area (TPSA) is 91.4 Å². The van der Waals surface area contributed by atoms with Crippen molar-refractivity contribution in [2.45, 2.75) is 50.3 Å². The molecule has 1 aromatic carbocycles. The Labute approximate surface area is 176 Å². The summed E-state index contributed by atoms with van der Waals surface area (Å²) in [5, 5.41) is 2.33. The van der Waals surface area contributed by atoms with Gasteiger partial charge in [-0.1, -0.05) is 6.07 Å². The Balaban J connectivity index is 1.22. The smallest absolute Gasteiger partial charge is 0.307 e. The van der Waals surface area contributed by atoms with E-state index in [1.807, 2.05) is 17.0 Å². The van der Waals surface area contributed by atoms with Gasteiger partial charge in [0.15, 0.2) is 0 Å². The van der Waals surface area contributed by atoms with Gasteiger partial charge in [-0.3, -0.25) is 9.88 Å². The zero-order chi connectivity index (χ0) is 20.7. The third-order valence-corrected chi connectivity index (χ3v) is 8.11. The highest BCUT2D eigenvalue weighted by Gasteiger charge is 2.38. The fraction of sp³-hybridized carbons (Fsp3) is 0.455. The maximum atomic E-state index is 12.7. The average molecular weight is 427 g/mol. The molecule has 1 aliphatic heterocycles. The Bertz CT molecular complexity index is 1050. The zero-order valence-electron chi connectivity index (χ0n) is 16.9. The second kappa shape index (κ2) is 7.67. The molecule has 2 heterocycles. The molecule has 2 aromatic rings. The molecule has 2 N–H and O–H groups in total. The van der Waals surface area contributed by atoms with Crippen LogP contribution in [0.4, 0.5) is 10.5 Å². The number of aryl methyl sites for hydroxylation is 2. The molecule has 0 saturated carbocycles. The Kier molecular flexibility index (Phi) is 4.99. The molecule has 2 amide bonds. The van der Waals surface area contributed by atoms with Crippen molar-refractivity contribution in [3.8, 4) is 0 Å². The van der Waals surface area contributed by atoms with Gasteiger partial charge < -0.3 is 5.32 Å². The van der Waals surface area contributed by atoms with Crippen LogP contribution in [0, 0.1) is 0 Å². The first-order valence-electron chi connectivity index (χ1n) is 10.6. The van der Waals surface area contributed by atoms with E-state index in [2.05, 4.69) is 21.1 Å². The van der Waals surface area contributed by atoms with Crippen LogP contribution in [0.2, 0.25) is 0 Å². The highest BCUT2D eigenvalue weighted by Crippen LogP contribution is 2.38. The number of benzene rings is 1. The van der Waals surface area contributed by atoms with Crippen molar-refractivity contribution < 1.29 is 13.2 Å². The van der Waals surface area contributed by atoms with Crippen LogP contribution in [0.3, 0.4) is 0 Å². The summed E-state index contributed by atoms with van der Waals surface area (Å²) in [5.41, 5.74) is 6.95. The Hall–Kier alpha value is -2.45. The Morgan fingerprint density at radius 2 is 1.67 bits per heavy atom. The summed E-state index contributed by atoms with van der Waals surface area (Å²) < 4.78 is 27.6. The number of nitrogens with one attached hydrogen (secondary N) is 2. The standard InChI is InChI=1S/C22H26N4O3S/c27-22(24-21-19-5-1-3-16(19)11-17-4-2-6-20(17)21)25-30(28,29)18-13-26(14-18)12-15-7-9-23-10-8-15/h7-11,18H,1-6,12-14H2,(H2,24,25,27). The molecular formula is C22H26N4O3S. The Morgan fingerprint density at radius 1 is 1.03 bits per heavy atom. The van der Waals surface area contributed by atoms with Gasteiger partial charge in [0.25, 0.3) is 0 Å². The molecule has 0 radical (unpaired) electrons. The van der Waals surface area contributed by atoms with Crippen molar-refractivity contribution in [2.24, 2.45) is 0 Å². The summed E-state index contributed by atoms with van der Waals surface area (Å²) in [6.07, 6.45) is 9.58. The molecule has 8 heteroatoms. The number of amides is 2. The van der Waals surface area contributed by atoms with Gasteiger partial charge >= 0.3 is 6.03 Å². The van der Waals surface area contributed by atoms with Gasteiger partial charge in [0, 0.05) is 37.7 Å². The predicted molar refractivity (Wildman–Crippen MR) is 115 cm³/mol. The largest absolute Gasteiger partial charge is 0.332 e. The van der Waals surface area contributed by atoms with Crippen LogP contribution in [0.5, 0.6) is 0 Å². The molecule has 30 heavy (non-hydrogen) atoms. The van der Waals surface area contributed by atoms with Crippen molar-refractivity contribution in [1.82, 2.24) is 14.6 Å². The number of aromatic nitrogens is 1. The van der Waals surface area contributed by atoms with Crippen molar-refractivity contribution in [3.05, 3.63) is 58.4 Å². The number of pyridine rings is 1. The number of anilines is 1. The third-order valence-electron chi connectivity index (χ3n) is 6.46. The zero-order valence-corrected chi connectivity index (χ0v) is 17.7. The van der Waals surface area contributed by atoms with Crippen LogP contribution in [-0.2, 0) is 42.3 Å². The van der Waals surface area contributed by atoms with E-state index in [1.54, 1.807) is 12.4 Å². The molecule has 2 aliphatic carbocycles. The fourth-order valence-electron chi connectivity index (χ4n) is 4.91. The molecular weight excluding hydrogens is 400 g/mol. The molecule has 5 rings (SSSR count). The first-order valence-corrected chi connectivity index (χ1v) is 12.1. The van der Waals surface area contributed by atoms with Gasteiger partial charge in [0.1, 0.15) is 5.25 Å². The average Bonchev–Trinajstić information content (AvgIpc) is 3.33. The lowest BCUT2D eigenvalue weighted by atomic mass is 9.99. The lowest BCUT2D eigenvalue weighted by Crippen LogP contribution is -2.58. The van der Waals surface area contributed by atoms with E-state index < -0.39 is 21.3 Å².